The summed E-state index contributed by atoms with van der Waals surface area (Å²) in [6.45, 7) is 12.9. The molecule has 0 saturated carbocycles. The molecule has 2 rings (SSSR count). The molecule has 0 spiro atoms. The molecule has 0 radical (unpaired) electrons. The molecular formula is C19H29NO3SSi. The van der Waals surface area contributed by atoms with E-state index in [-0.39, 0.29) is 34.1 Å². The van der Waals surface area contributed by atoms with Crippen molar-refractivity contribution in [1.82, 2.24) is 5.32 Å². The Morgan fingerprint density at radius 2 is 1.88 bits per heavy atom. The Morgan fingerprint density at radius 3 is 2.40 bits per heavy atom. The van der Waals surface area contributed by atoms with E-state index in [1.54, 1.807) is 0 Å². The van der Waals surface area contributed by atoms with Crippen LogP contribution in [0.4, 0.5) is 0 Å². The van der Waals surface area contributed by atoms with E-state index in [2.05, 4.69) is 39.2 Å². The molecule has 1 amide bonds. The highest BCUT2D eigenvalue weighted by Gasteiger charge is 2.47. The van der Waals surface area contributed by atoms with E-state index in [9.17, 15) is 9.59 Å². The summed E-state index contributed by atoms with van der Waals surface area (Å²) in [5.74, 6) is -0.247. The van der Waals surface area contributed by atoms with Crippen LogP contribution < -0.4 is 5.32 Å². The van der Waals surface area contributed by atoms with Crippen LogP contribution in [-0.2, 0) is 14.0 Å². The van der Waals surface area contributed by atoms with Gasteiger partial charge in [-0.25, -0.2) is 0 Å². The minimum Gasteiger partial charge on any atom is -0.413 e. The van der Waals surface area contributed by atoms with Gasteiger partial charge in [-0.3, -0.25) is 9.59 Å². The number of amides is 1. The first-order valence-electron chi connectivity index (χ1n) is 8.75. The van der Waals surface area contributed by atoms with E-state index in [0.29, 0.717) is 6.42 Å². The molecular weight excluding hydrogens is 350 g/mol. The Bertz CT molecular complexity index is 627. The first-order chi connectivity index (χ1) is 11.5. The Balaban J connectivity index is 1.94. The summed E-state index contributed by atoms with van der Waals surface area (Å²) in [5.41, 5.74) is 0. The van der Waals surface area contributed by atoms with Crippen LogP contribution in [0.25, 0.3) is 0 Å². The fourth-order valence-corrected chi connectivity index (χ4v) is 4.98. The first kappa shape index (κ1) is 20.2. The van der Waals surface area contributed by atoms with Gasteiger partial charge < -0.3 is 9.74 Å². The van der Waals surface area contributed by atoms with Gasteiger partial charge in [-0.1, -0.05) is 50.7 Å². The summed E-state index contributed by atoms with van der Waals surface area (Å²) in [6.07, 6.45) is 0.162. The highest BCUT2D eigenvalue weighted by molar-refractivity contribution is 8.13. The number of hydrogen-bond donors (Lipinski definition) is 1. The second-order valence-corrected chi connectivity index (χ2v) is 14.1. The molecule has 1 saturated heterocycles. The lowest BCUT2D eigenvalue weighted by Crippen LogP contribution is -2.64. The fraction of sp³-hybridized carbons (Fsp3) is 0.579. The maximum Gasteiger partial charge on any atom is 0.228 e. The second kappa shape index (κ2) is 7.64. The van der Waals surface area contributed by atoms with Crippen LogP contribution in [0.1, 0.15) is 34.1 Å². The molecule has 1 N–H and O–H groups in total. The van der Waals surface area contributed by atoms with E-state index >= 15 is 0 Å². The van der Waals surface area contributed by atoms with Crippen molar-refractivity contribution in [2.45, 2.75) is 69.3 Å². The second-order valence-electron chi connectivity index (χ2n) is 8.22. The van der Waals surface area contributed by atoms with Crippen molar-refractivity contribution >= 4 is 31.1 Å². The van der Waals surface area contributed by atoms with E-state index < -0.39 is 8.32 Å². The molecule has 1 aliphatic heterocycles. The minimum atomic E-state index is -1.94. The number of nitrogens with one attached hydrogen (secondary N) is 1. The largest absolute Gasteiger partial charge is 0.413 e. The monoisotopic (exact) mass is 379 g/mol. The van der Waals surface area contributed by atoms with Crippen LogP contribution in [0.2, 0.25) is 18.1 Å². The van der Waals surface area contributed by atoms with Gasteiger partial charge in [0, 0.05) is 11.3 Å². The molecule has 0 aliphatic carbocycles. The number of benzene rings is 1. The van der Waals surface area contributed by atoms with E-state index in [0.717, 1.165) is 4.90 Å². The van der Waals surface area contributed by atoms with E-state index in [1.807, 2.05) is 37.3 Å². The summed E-state index contributed by atoms with van der Waals surface area (Å²) in [4.78, 5) is 25.3. The van der Waals surface area contributed by atoms with Crippen LogP contribution in [-0.4, -0.2) is 31.5 Å². The zero-order chi connectivity index (χ0) is 18.8. The number of carbonyl (C=O) groups is 2. The lowest BCUT2D eigenvalue weighted by atomic mass is 9.84. The van der Waals surface area contributed by atoms with Gasteiger partial charge in [0.2, 0.25) is 5.91 Å². The number of β-lactam (4-membered cyclic amide) rings is 1. The Hall–Kier alpha value is -1.11. The normalized spacial score (nSPS) is 22.1. The molecule has 0 aromatic heterocycles. The molecule has 1 aliphatic rings. The molecule has 25 heavy (non-hydrogen) atoms. The van der Waals surface area contributed by atoms with Gasteiger partial charge in [0.1, 0.15) is 0 Å². The van der Waals surface area contributed by atoms with Gasteiger partial charge >= 0.3 is 0 Å². The van der Waals surface area contributed by atoms with Crippen molar-refractivity contribution in [3.8, 4) is 0 Å². The van der Waals surface area contributed by atoms with Crippen LogP contribution in [0.3, 0.4) is 0 Å². The predicted octanol–water partition coefficient (Wildman–Crippen LogP) is 4.22. The standard InChI is InChI=1S/C19H29NO3SSi/c1-13(23-25(5,6)19(2,3)4)17-15(20-18(17)22)12-16(21)24-14-10-8-7-9-11-14/h7-11,13,15,17H,12H2,1-6H3,(H,20,22)/t13-,15-,17-/m1/s1. The highest BCUT2D eigenvalue weighted by atomic mass is 32.2. The quantitative estimate of drug-likeness (QED) is 0.457. The van der Waals surface area contributed by atoms with Gasteiger partial charge in [0.15, 0.2) is 13.4 Å². The Labute approximate surface area is 156 Å². The molecule has 0 unspecified atom stereocenters. The van der Waals surface area contributed by atoms with Crippen LogP contribution >= 0.6 is 11.8 Å². The van der Waals surface area contributed by atoms with Gasteiger partial charge in [-0.15, -0.1) is 0 Å². The van der Waals surface area contributed by atoms with Gasteiger partial charge in [-0.2, -0.15) is 0 Å². The number of rotatable bonds is 6. The van der Waals surface area contributed by atoms with Gasteiger partial charge in [0.25, 0.3) is 0 Å². The maximum absolute atomic E-state index is 12.3. The topological polar surface area (TPSA) is 55.4 Å². The molecule has 1 aromatic carbocycles. The van der Waals surface area contributed by atoms with Gasteiger partial charge in [0.05, 0.1) is 18.1 Å². The van der Waals surface area contributed by atoms with Gasteiger partial charge in [-0.05, 0) is 37.2 Å². The van der Waals surface area contributed by atoms with E-state index in [1.165, 1.54) is 11.8 Å². The van der Waals surface area contributed by atoms with Crippen molar-refractivity contribution in [3.63, 3.8) is 0 Å². The average molecular weight is 380 g/mol. The summed E-state index contributed by atoms with van der Waals surface area (Å²) in [5, 5.41) is 3.04. The molecule has 3 atom stereocenters. The Kier molecular flexibility index (Phi) is 6.17. The van der Waals surface area contributed by atoms with Crippen molar-refractivity contribution < 1.29 is 14.0 Å². The van der Waals surface area contributed by atoms with Crippen LogP contribution in [0.15, 0.2) is 35.2 Å². The molecule has 6 heteroatoms. The molecule has 1 aromatic rings. The smallest absolute Gasteiger partial charge is 0.228 e. The van der Waals surface area contributed by atoms with Crippen molar-refractivity contribution in [3.05, 3.63) is 30.3 Å². The van der Waals surface area contributed by atoms with Crippen molar-refractivity contribution in [2.75, 3.05) is 0 Å². The molecule has 4 nitrogen and oxygen atoms in total. The SMILES string of the molecule is C[C@@H](O[Si](C)(C)C(C)(C)C)[C@H]1C(=O)N[C@@H]1CC(=O)Sc1ccccc1. The average Bonchev–Trinajstić information content (AvgIpc) is 2.45. The summed E-state index contributed by atoms with van der Waals surface area (Å²) >= 11 is 1.23. The zero-order valence-electron chi connectivity index (χ0n) is 16.0. The number of thioether (sulfide) groups is 1. The number of carbonyl (C=O) groups excluding carboxylic acids is 2. The molecule has 138 valence electrons. The third-order valence-corrected chi connectivity index (χ3v) is 10.7. The summed E-state index contributed by atoms with van der Waals surface area (Å²) in [7, 11) is -1.94. The Morgan fingerprint density at radius 1 is 1.28 bits per heavy atom. The summed E-state index contributed by atoms with van der Waals surface area (Å²) in [6, 6.07) is 9.47. The zero-order valence-corrected chi connectivity index (χ0v) is 17.8. The number of hydrogen-bond acceptors (Lipinski definition) is 4. The minimum absolute atomic E-state index is 0.00581. The molecule has 1 fully saturated rings. The molecule has 1 heterocycles. The maximum atomic E-state index is 12.3. The fourth-order valence-electron chi connectivity index (χ4n) is 2.73. The first-order valence-corrected chi connectivity index (χ1v) is 12.5. The highest BCUT2D eigenvalue weighted by Crippen LogP contribution is 2.39. The predicted molar refractivity (Wildman–Crippen MR) is 105 cm³/mol. The third-order valence-electron chi connectivity index (χ3n) is 5.22. The van der Waals surface area contributed by atoms with Crippen molar-refractivity contribution in [1.29, 1.82) is 0 Å². The van der Waals surface area contributed by atoms with Crippen LogP contribution in [0, 0.1) is 5.92 Å². The lowest BCUT2D eigenvalue weighted by Gasteiger charge is -2.45. The van der Waals surface area contributed by atoms with Crippen LogP contribution in [0.5, 0.6) is 0 Å². The molecule has 0 bridgehead atoms. The summed E-state index contributed by atoms with van der Waals surface area (Å²) < 4.78 is 6.37. The van der Waals surface area contributed by atoms with Crippen molar-refractivity contribution in [2.24, 2.45) is 5.92 Å². The lowest BCUT2D eigenvalue weighted by molar-refractivity contribution is -0.140. The van der Waals surface area contributed by atoms with E-state index in [4.69, 9.17) is 4.43 Å². The third kappa shape index (κ3) is 4.96.